The predicted molar refractivity (Wildman–Crippen MR) is 87.4 cm³/mol. The van der Waals surface area contributed by atoms with Crippen LogP contribution >= 0.6 is 11.3 Å². The maximum Gasteiger partial charge on any atom is 0.185 e. The van der Waals surface area contributed by atoms with Gasteiger partial charge in [-0.15, -0.1) is 11.3 Å². The molecule has 1 aliphatic heterocycles. The van der Waals surface area contributed by atoms with Crippen LogP contribution in [0.15, 0.2) is 11.6 Å². The van der Waals surface area contributed by atoms with Crippen molar-refractivity contribution >= 4 is 16.5 Å². The van der Waals surface area contributed by atoms with Crippen LogP contribution in [0.3, 0.4) is 0 Å². The van der Waals surface area contributed by atoms with Crippen molar-refractivity contribution in [2.24, 2.45) is 11.1 Å². The summed E-state index contributed by atoms with van der Waals surface area (Å²) in [5.74, 6) is 0. The zero-order chi connectivity index (χ0) is 14.6. The number of nitrogens with zero attached hydrogens (tertiary/aromatic N) is 3. The van der Waals surface area contributed by atoms with E-state index in [0.29, 0.717) is 11.5 Å². The van der Waals surface area contributed by atoms with E-state index in [2.05, 4.69) is 35.6 Å². The summed E-state index contributed by atoms with van der Waals surface area (Å²) in [6.07, 6.45) is 4.10. The zero-order valence-corrected chi connectivity index (χ0v) is 13.8. The number of anilines is 1. The average molecular weight is 296 g/mol. The Balaban J connectivity index is 1.67. The molecule has 0 aromatic carbocycles. The maximum atomic E-state index is 6.24. The van der Waals surface area contributed by atoms with Gasteiger partial charge < -0.3 is 10.6 Å². The summed E-state index contributed by atoms with van der Waals surface area (Å²) in [5, 5.41) is 3.21. The molecule has 0 spiro atoms. The van der Waals surface area contributed by atoms with Gasteiger partial charge in [-0.05, 0) is 24.8 Å². The molecule has 114 valence electrons. The monoisotopic (exact) mass is 296 g/mol. The number of nitrogens with two attached hydrogens (primary N) is 1. The van der Waals surface area contributed by atoms with E-state index in [1.165, 1.54) is 0 Å². The van der Waals surface area contributed by atoms with Gasteiger partial charge in [0.05, 0.1) is 0 Å². The van der Waals surface area contributed by atoms with Gasteiger partial charge in [0, 0.05) is 43.8 Å². The highest BCUT2D eigenvalue weighted by molar-refractivity contribution is 7.13. The van der Waals surface area contributed by atoms with E-state index >= 15 is 0 Å². The molecule has 2 heterocycles. The summed E-state index contributed by atoms with van der Waals surface area (Å²) in [6, 6.07) is 0.326. The second-order valence-electron chi connectivity index (χ2n) is 6.96. The molecular weight excluding hydrogens is 268 g/mol. The highest BCUT2D eigenvalue weighted by Crippen LogP contribution is 2.22. The number of piperazine rings is 1. The molecule has 4 nitrogen and oxygen atoms in total. The normalized spacial score (nSPS) is 19.3. The fraction of sp³-hybridized carbons (Fsp3) is 0.800. The van der Waals surface area contributed by atoms with E-state index in [4.69, 9.17) is 5.73 Å². The summed E-state index contributed by atoms with van der Waals surface area (Å²) in [5.41, 5.74) is 6.57. The average Bonchev–Trinajstić information content (AvgIpc) is 2.89. The molecule has 0 bridgehead atoms. The van der Waals surface area contributed by atoms with E-state index in [0.717, 1.165) is 50.7 Å². The number of hydrogen-bond donors (Lipinski definition) is 1. The van der Waals surface area contributed by atoms with Crippen molar-refractivity contribution < 1.29 is 0 Å². The molecule has 20 heavy (non-hydrogen) atoms. The fourth-order valence-electron chi connectivity index (χ4n) is 2.77. The number of aromatic nitrogens is 1. The minimum Gasteiger partial charge on any atom is -0.346 e. The Bertz CT molecular complexity index is 377. The van der Waals surface area contributed by atoms with E-state index in [1.54, 1.807) is 11.3 Å². The van der Waals surface area contributed by atoms with Crippen molar-refractivity contribution in [3.63, 3.8) is 0 Å². The summed E-state index contributed by atoms with van der Waals surface area (Å²) in [4.78, 5) is 9.30. The summed E-state index contributed by atoms with van der Waals surface area (Å²) < 4.78 is 0. The molecule has 1 atom stereocenters. The van der Waals surface area contributed by atoms with Crippen LogP contribution in [0.25, 0.3) is 0 Å². The third kappa shape index (κ3) is 5.04. The smallest absolute Gasteiger partial charge is 0.185 e. The molecule has 0 saturated carbocycles. The first-order valence-electron chi connectivity index (χ1n) is 7.56. The summed E-state index contributed by atoms with van der Waals surface area (Å²) in [6.45, 7) is 12.3. The predicted octanol–water partition coefficient (Wildman–Crippen LogP) is 2.42. The van der Waals surface area contributed by atoms with Gasteiger partial charge in [-0.3, -0.25) is 4.90 Å². The fourth-order valence-corrected chi connectivity index (χ4v) is 3.47. The van der Waals surface area contributed by atoms with Gasteiger partial charge in [0.15, 0.2) is 5.13 Å². The van der Waals surface area contributed by atoms with Crippen molar-refractivity contribution in [3.05, 3.63) is 11.6 Å². The second-order valence-corrected chi connectivity index (χ2v) is 7.83. The molecule has 1 saturated heterocycles. The molecule has 0 aliphatic carbocycles. The third-order valence-corrected chi connectivity index (χ3v) is 4.58. The van der Waals surface area contributed by atoms with E-state index in [1.807, 2.05) is 11.6 Å². The van der Waals surface area contributed by atoms with Crippen molar-refractivity contribution in [3.8, 4) is 0 Å². The quantitative estimate of drug-likeness (QED) is 0.906. The first-order valence-corrected chi connectivity index (χ1v) is 8.44. The van der Waals surface area contributed by atoms with Gasteiger partial charge in [0.2, 0.25) is 0 Å². The molecular formula is C15H28N4S. The lowest BCUT2D eigenvalue weighted by molar-refractivity contribution is 0.235. The topological polar surface area (TPSA) is 45.4 Å². The van der Waals surface area contributed by atoms with Gasteiger partial charge in [0.25, 0.3) is 0 Å². The van der Waals surface area contributed by atoms with Crippen molar-refractivity contribution in [2.75, 3.05) is 37.6 Å². The van der Waals surface area contributed by atoms with Crippen LogP contribution < -0.4 is 10.6 Å². The highest BCUT2D eigenvalue weighted by Gasteiger charge is 2.20. The lowest BCUT2D eigenvalue weighted by atomic mass is 9.87. The zero-order valence-electron chi connectivity index (χ0n) is 13.0. The largest absolute Gasteiger partial charge is 0.346 e. The highest BCUT2D eigenvalue weighted by atomic mass is 32.1. The molecule has 0 radical (unpaired) electrons. The molecule has 1 unspecified atom stereocenters. The standard InChI is InChI=1S/C15H28N4S/c1-15(2,3)12-13(16)4-6-18-7-9-19(10-8-18)14-17-5-11-20-14/h5,11,13H,4,6-10,12,16H2,1-3H3. The summed E-state index contributed by atoms with van der Waals surface area (Å²) in [7, 11) is 0. The van der Waals surface area contributed by atoms with Crippen molar-refractivity contribution in [1.29, 1.82) is 0 Å². The molecule has 1 fully saturated rings. The Morgan fingerprint density at radius 3 is 2.55 bits per heavy atom. The Hall–Kier alpha value is -0.650. The van der Waals surface area contributed by atoms with Gasteiger partial charge >= 0.3 is 0 Å². The van der Waals surface area contributed by atoms with E-state index in [9.17, 15) is 0 Å². The molecule has 5 heteroatoms. The van der Waals surface area contributed by atoms with Crippen molar-refractivity contribution in [2.45, 2.75) is 39.7 Å². The second kappa shape index (κ2) is 6.87. The third-order valence-electron chi connectivity index (χ3n) is 3.75. The van der Waals surface area contributed by atoms with E-state index < -0.39 is 0 Å². The number of thiazole rings is 1. The SMILES string of the molecule is CC(C)(C)CC(N)CCN1CCN(c2nccs2)CC1. The van der Waals surface area contributed by atoms with Gasteiger partial charge in [0.1, 0.15) is 0 Å². The molecule has 1 aromatic rings. The molecule has 1 aromatic heterocycles. The van der Waals surface area contributed by atoms with Crippen LogP contribution in [0.1, 0.15) is 33.6 Å². The van der Waals surface area contributed by atoms with Crippen LogP contribution in [0.4, 0.5) is 5.13 Å². The number of rotatable bonds is 5. The Labute approximate surface area is 127 Å². The Morgan fingerprint density at radius 1 is 1.30 bits per heavy atom. The van der Waals surface area contributed by atoms with E-state index in [-0.39, 0.29) is 0 Å². The Kier molecular flexibility index (Phi) is 5.41. The van der Waals surface area contributed by atoms with Crippen LogP contribution in [0.5, 0.6) is 0 Å². The summed E-state index contributed by atoms with van der Waals surface area (Å²) >= 11 is 1.73. The number of hydrogen-bond acceptors (Lipinski definition) is 5. The van der Waals surface area contributed by atoms with Crippen LogP contribution in [0, 0.1) is 5.41 Å². The van der Waals surface area contributed by atoms with Crippen molar-refractivity contribution in [1.82, 2.24) is 9.88 Å². The first kappa shape index (κ1) is 15.7. The minimum absolute atomic E-state index is 0.326. The lowest BCUT2D eigenvalue weighted by Crippen LogP contribution is -2.47. The maximum absolute atomic E-state index is 6.24. The lowest BCUT2D eigenvalue weighted by Gasteiger charge is -2.35. The van der Waals surface area contributed by atoms with Gasteiger partial charge in [-0.2, -0.15) is 0 Å². The van der Waals surface area contributed by atoms with Gasteiger partial charge in [-0.25, -0.2) is 4.98 Å². The first-order chi connectivity index (χ1) is 9.44. The van der Waals surface area contributed by atoms with Crippen LogP contribution in [0.2, 0.25) is 0 Å². The molecule has 1 aliphatic rings. The van der Waals surface area contributed by atoms with Gasteiger partial charge in [-0.1, -0.05) is 20.8 Å². The van der Waals surface area contributed by atoms with Crippen LogP contribution in [-0.2, 0) is 0 Å². The molecule has 2 rings (SSSR count). The molecule has 0 amide bonds. The Morgan fingerprint density at radius 2 is 2.00 bits per heavy atom. The minimum atomic E-state index is 0.326. The molecule has 2 N–H and O–H groups in total. The van der Waals surface area contributed by atoms with Crippen LogP contribution in [-0.4, -0.2) is 48.6 Å².